The van der Waals surface area contributed by atoms with Crippen LogP contribution < -0.4 is 0 Å². The fourth-order valence-electron chi connectivity index (χ4n) is 4.71. The van der Waals surface area contributed by atoms with Crippen molar-refractivity contribution in [3.05, 3.63) is 46.4 Å². The van der Waals surface area contributed by atoms with E-state index in [-0.39, 0.29) is 11.4 Å². The van der Waals surface area contributed by atoms with Gasteiger partial charge in [0.25, 0.3) is 5.91 Å². The summed E-state index contributed by atoms with van der Waals surface area (Å²) in [5.74, 6) is 0.509. The summed E-state index contributed by atoms with van der Waals surface area (Å²) < 4.78 is 0. The Balaban J connectivity index is 1.33. The van der Waals surface area contributed by atoms with Crippen molar-refractivity contribution in [1.29, 1.82) is 0 Å². The van der Waals surface area contributed by atoms with E-state index in [2.05, 4.69) is 34.2 Å². The lowest BCUT2D eigenvalue weighted by molar-refractivity contribution is 0.0672. The second kappa shape index (κ2) is 6.54. The van der Waals surface area contributed by atoms with E-state index in [9.17, 15) is 4.79 Å². The lowest BCUT2D eigenvalue weighted by Gasteiger charge is -2.40. The smallest absolute Gasteiger partial charge is 0.253 e. The van der Waals surface area contributed by atoms with Crippen molar-refractivity contribution >= 4 is 23.0 Å². The molecule has 2 N–H and O–H groups in total. The van der Waals surface area contributed by atoms with E-state index in [1.165, 1.54) is 11.3 Å². The number of aromatic amines is 2. The highest BCUT2D eigenvalue weighted by molar-refractivity contribution is 5.99. The summed E-state index contributed by atoms with van der Waals surface area (Å²) in [5, 5.41) is 15.7. The van der Waals surface area contributed by atoms with Gasteiger partial charge < -0.3 is 4.90 Å². The number of H-pyrrole nitrogens is 2. The molecule has 0 saturated carbocycles. The fourth-order valence-corrected chi connectivity index (χ4v) is 4.71. The number of benzene rings is 1. The standard InChI is InChI=1S/C22H26N6O/c1-13(2)19-17-10-22(23-12-18(17)25-27-19)4-6-28(7-5-22)21(29)15-8-14(3)20-16(9-15)11-24-26-20/h8-9,11-13H,4-7,10H2,1-3H3,(H,24,26)(H,25,27). The van der Waals surface area contributed by atoms with E-state index in [4.69, 9.17) is 4.99 Å². The van der Waals surface area contributed by atoms with Crippen LogP contribution >= 0.6 is 0 Å². The quantitative estimate of drug-likeness (QED) is 0.703. The number of piperidine rings is 1. The molecular weight excluding hydrogens is 364 g/mol. The summed E-state index contributed by atoms with van der Waals surface area (Å²) in [7, 11) is 0. The van der Waals surface area contributed by atoms with Gasteiger partial charge in [-0.3, -0.25) is 20.0 Å². The maximum Gasteiger partial charge on any atom is 0.253 e. The normalized spacial score (nSPS) is 18.0. The molecule has 7 nitrogen and oxygen atoms in total. The van der Waals surface area contributed by atoms with Crippen LogP contribution in [0.15, 0.2) is 23.3 Å². The first-order chi connectivity index (χ1) is 14.0. The van der Waals surface area contributed by atoms with Crippen LogP contribution in [0.1, 0.15) is 65.5 Å². The third kappa shape index (κ3) is 2.96. The zero-order valence-corrected chi connectivity index (χ0v) is 17.1. The molecule has 2 aromatic heterocycles. The monoisotopic (exact) mass is 390 g/mol. The Hall–Kier alpha value is -2.96. The van der Waals surface area contributed by atoms with Crippen LogP contribution in [-0.2, 0) is 6.42 Å². The largest absolute Gasteiger partial charge is 0.338 e. The van der Waals surface area contributed by atoms with E-state index < -0.39 is 0 Å². The second-order valence-electron chi connectivity index (χ2n) is 8.73. The lowest BCUT2D eigenvalue weighted by Crippen LogP contribution is -2.47. The SMILES string of the molecule is Cc1cc(C(=O)N2CCC3(CC2)Cc2c(n[nH]c2C(C)C)C=N3)cc2cn[nH]c12. The Kier molecular flexibility index (Phi) is 4.08. The van der Waals surface area contributed by atoms with Crippen molar-refractivity contribution in [2.45, 2.75) is 51.5 Å². The Bertz CT molecular complexity index is 1110. The molecule has 0 atom stereocenters. The predicted molar refractivity (Wildman–Crippen MR) is 113 cm³/mol. The molecular formula is C22H26N6O. The van der Waals surface area contributed by atoms with Crippen molar-refractivity contribution < 1.29 is 4.79 Å². The van der Waals surface area contributed by atoms with E-state index in [0.717, 1.165) is 60.1 Å². The number of aryl methyl sites for hydroxylation is 1. The first kappa shape index (κ1) is 18.1. The van der Waals surface area contributed by atoms with E-state index >= 15 is 0 Å². The maximum absolute atomic E-state index is 13.1. The molecule has 1 fully saturated rings. The van der Waals surface area contributed by atoms with Gasteiger partial charge in [0, 0.05) is 47.9 Å². The highest BCUT2D eigenvalue weighted by atomic mass is 16.2. The molecule has 150 valence electrons. The number of carbonyl (C=O) groups is 1. The average molecular weight is 390 g/mol. The van der Waals surface area contributed by atoms with E-state index in [0.29, 0.717) is 5.92 Å². The first-order valence-electron chi connectivity index (χ1n) is 10.3. The zero-order valence-electron chi connectivity index (χ0n) is 17.1. The molecule has 1 aromatic carbocycles. The molecule has 0 unspecified atom stereocenters. The average Bonchev–Trinajstić information content (AvgIpc) is 3.34. The third-order valence-electron chi connectivity index (χ3n) is 6.45. The molecule has 2 aliphatic rings. The van der Waals surface area contributed by atoms with Crippen LogP contribution in [0, 0.1) is 6.92 Å². The van der Waals surface area contributed by atoms with Crippen molar-refractivity contribution in [3.63, 3.8) is 0 Å². The topological polar surface area (TPSA) is 90.0 Å². The summed E-state index contributed by atoms with van der Waals surface area (Å²) in [6.07, 6.45) is 6.37. The number of aromatic nitrogens is 4. The molecule has 7 heteroatoms. The van der Waals surface area contributed by atoms with Gasteiger partial charge in [-0.2, -0.15) is 10.2 Å². The number of aliphatic imine (C=N–C) groups is 1. The Morgan fingerprint density at radius 2 is 2.00 bits per heavy atom. The number of likely N-dealkylation sites (tertiary alicyclic amines) is 1. The van der Waals surface area contributed by atoms with Crippen molar-refractivity contribution in [1.82, 2.24) is 25.3 Å². The van der Waals surface area contributed by atoms with Gasteiger partial charge in [-0.1, -0.05) is 13.8 Å². The lowest BCUT2D eigenvalue weighted by atomic mass is 9.79. The van der Waals surface area contributed by atoms with Gasteiger partial charge >= 0.3 is 0 Å². The number of carbonyl (C=O) groups excluding carboxylic acids is 1. The molecule has 0 bridgehead atoms. The molecule has 2 aliphatic heterocycles. The minimum absolute atomic E-state index is 0.0951. The summed E-state index contributed by atoms with van der Waals surface area (Å²) in [6, 6.07) is 3.89. The molecule has 4 heterocycles. The van der Waals surface area contributed by atoms with Crippen molar-refractivity contribution in [3.8, 4) is 0 Å². The Morgan fingerprint density at radius 3 is 2.76 bits per heavy atom. The highest BCUT2D eigenvalue weighted by Gasteiger charge is 2.39. The summed E-state index contributed by atoms with van der Waals surface area (Å²) in [5.41, 5.74) is 6.15. The minimum Gasteiger partial charge on any atom is -0.338 e. The predicted octanol–water partition coefficient (Wildman–Crippen LogP) is 3.37. The molecule has 3 aromatic rings. The third-order valence-corrected chi connectivity index (χ3v) is 6.45. The molecule has 1 saturated heterocycles. The van der Waals surface area contributed by atoms with Gasteiger partial charge in [-0.25, -0.2) is 0 Å². The van der Waals surface area contributed by atoms with Crippen LogP contribution in [0.25, 0.3) is 10.9 Å². The van der Waals surface area contributed by atoms with Crippen molar-refractivity contribution in [2.24, 2.45) is 4.99 Å². The first-order valence-corrected chi connectivity index (χ1v) is 10.3. The number of amides is 1. The van der Waals surface area contributed by atoms with E-state index in [1.807, 2.05) is 30.2 Å². The van der Waals surface area contributed by atoms with Crippen molar-refractivity contribution in [2.75, 3.05) is 13.1 Å². The summed E-state index contributed by atoms with van der Waals surface area (Å²) in [4.78, 5) is 20.0. The molecule has 29 heavy (non-hydrogen) atoms. The van der Waals surface area contributed by atoms with Gasteiger partial charge in [0.1, 0.15) is 5.69 Å². The zero-order chi connectivity index (χ0) is 20.2. The Morgan fingerprint density at radius 1 is 1.21 bits per heavy atom. The van der Waals surface area contributed by atoms with Gasteiger partial charge in [0.15, 0.2) is 0 Å². The van der Waals surface area contributed by atoms with Gasteiger partial charge in [-0.05, 0) is 43.4 Å². The summed E-state index contributed by atoms with van der Waals surface area (Å²) >= 11 is 0. The van der Waals surface area contributed by atoms with Gasteiger partial charge in [0.2, 0.25) is 0 Å². The fraction of sp³-hybridized carbons (Fsp3) is 0.455. The number of nitrogens with one attached hydrogen (secondary N) is 2. The maximum atomic E-state index is 13.1. The molecule has 0 aliphatic carbocycles. The van der Waals surface area contributed by atoms with Crippen LogP contribution in [0.2, 0.25) is 0 Å². The number of nitrogens with zero attached hydrogens (tertiary/aromatic N) is 4. The van der Waals surface area contributed by atoms with Crippen LogP contribution in [0.5, 0.6) is 0 Å². The van der Waals surface area contributed by atoms with Gasteiger partial charge in [-0.15, -0.1) is 0 Å². The highest BCUT2D eigenvalue weighted by Crippen LogP contribution is 2.36. The number of fused-ring (bicyclic) bond motifs is 2. The number of hydrogen-bond acceptors (Lipinski definition) is 4. The number of hydrogen-bond donors (Lipinski definition) is 2. The summed E-state index contributed by atoms with van der Waals surface area (Å²) in [6.45, 7) is 7.83. The van der Waals surface area contributed by atoms with Crippen LogP contribution in [0.3, 0.4) is 0 Å². The minimum atomic E-state index is -0.109. The van der Waals surface area contributed by atoms with E-state index in [1.54, 1.807) is 6.20 Å². The number of rotatable bonds is 2. The molecule has 5 rings (SSSR count). The van der Waals surface area contributed by atoms with Gasteiger partial charge in [0.05, 0.1) is 17.3 Å². The molecule has 1 amide bonds. The molecule has 0 radical (unpaired) electrons. The van der Waals surface area contributed by atoms with Crippen LogP contribution in [0.4, 0.5) is 0 Å². The Labute approximate surface area is 169 Å². The second-order valence-corrected chi connectivity index (χ2v) is 8.73. The van der Waals surface area contributed by atoms with Crippen LogP contribution in [-0.4, -0.2) is 56.0 Å². The molecule has 1 spiro atoms.